The van der Waals surface area contributed by atoms with Gasteiger partial charge in [0.15, 0.2) is 0 Å². The van der Waals surface area contributed by atoms with Gasteiger partial charge in [-0.25, -0.2) is 9.97 Å². The van der Waals surface area contributed by atoms with Crippen LogP contribution < -0.4 is 10.6 Å². The van der Waals surface area contributed by atoms with Crippen molar-refractivity contribution in [3.8, 4) is 0 Å². The van der Waals surface area contributed by atoms with E-state index in [0.29, 0.717) is 10.7 Å². The summed E-state index contributed by atoms with van der Waals surface area (Å²) in [4.78, 5) is 19.4. The molecule has 3 aromatic rings. The van der Waals surface area contributed by atoms with Gasteiger partial charge in [-0.1, -0.05) is 29.8 Å². The minimum Gasteiger partial charge on any atom is -0.334 e. The zero-order chi connectivity index (χ0) is 19.6. The first kappa shape index (κ1) is 18.6. The minimum atomic E-state index is -0.504. The molecule has 2 N–H and O–H groups in total. The summed E-state index contributed by atoms with van der Waals surface area (Å²) in [5.41, 5.74) is 3.92. The summed E-state index contributed by atoms with van der Waals surface area (Å²) in [6.45, 7) is 5.70. The van der Waals surface area contributed by atoms with Gasteiger partial charge < -0.3 is 10.6 Å². The fraction of sp³-hybridized carbons (Fsp3) is 0.158. The topological polar surface area (TPSA) is 93.0 Å². The van der Waals surface area contributed by atoms with Crippen LogP contribution in [-0.2, 0) is 0 Å². The van der Waals surface area contributed by atoms with E-state index >= 15 is 0 Å². The van der Waals surface area contributed by atoms with Crippen LogP contribution in [0.25, 0.3) is 0 Å². The molecule has 3 rings (SSSR count). The van der Waals surface area contributed by atoms with Gasteiger partial charge in [0.1, 0.15) is 6.33 Å². The minimum absolute atomic E-state index is 0.0909. The first-order valence-corrected chi connectivity index (χ1v) is 8.60. The summed E-state index contributed by atoms with van der Waals surface area (Å²) in [5.74, 6) is 0.207. The zero-order valence-electron chi connectivity index (χ0n) is 15.1. The number of hydrogen-bond donors (Lipinski definition) is 2. The zero-order valence-corrected chi connectivity index (χ0v) is 15.8. The molecule has 0 bridgehead atoms. The number of rotatable bonds is 5. The van der Waals surface area contributed by atoms with Gasteiger partial charge in [0.25, 0.3) is 0 Å². The first-order valence-electron chi connectivity index (χ1n) is 8.22. The molecule has 27 heavy (non-hydrogen) atoms. The number of anilines is 4. The number of nitrogens with zero attached hydrogens (tertiary/aromatic N) is 3. The maximum absolute atomic E-state index is 11.7. The van der Waals surface area contributed by atoms with Crippen LogP contribution in [0.1, 0.15) is 16.7 Å². The lowest BCUT2D eigenvalue weighted by molar-refractivity contribution is -0.383. The van der Waals surface area contributed by atoms with E-state index in [4.69, 9.17) is 11.6 Å². The van der Waals surface area contributed by atoms with Crippen LogP contribution >= 0.6 is 11.6 Å². The molecule has 0 saturated heterocycles. The van der Waals surface area contributed by atoms with Gasteiger partial charge in [-0.15, -0.1) is 0 Å². The van der Waals surface area contributed by atoms with Crippen LogP contribution in [0, 0.1) is 30.9 Å². The monoisotopic (exact) mass is 383 g/mol. The lowest BCUT2D eigenvalue weighted by Crippen LogP contribution is -2.06. The number of nitrogens with one attached hydrogen (secondary N) is 2. The Morgan fingerprint density at radius 2 is 1.67 bits per heavy atom. The van der Waals surface area contributed by atoms with Crippen molar-refractivity contribution in [2.45, 2.75) is 20.8 Å². The third-order valence-electron chi connectivity index (χ3n) is 4.17. The van der Waals surface area contributed by atoms with Crippen molar-refractivity contribution in [1.29, 1.82) is 0 Å². The van der Waals surface area contributed by atoms with Gasteiger partial charge in [0.2, 0.25) is 11.6 Å². The van der Waals surface area contributed by atoms with Crippen molar-refractivity contribution in [2.24, 2.45) is 0 Å². The fourth-order valence-electron chi connectivity index (χ4n) is 2.60. The SMILES string of the molecule is Cc1ccc(C)c(Nc2ncnc(Nc3cccc(Cl)c3C)c2[N+](=O)[O-])c1. The number of aromatic nitrogens is 2. The largest absolute Gasteiger partial charge is 0.353 e. The van der Waals surface area contributed by atoms with Crippen molar-refractivity contribution >= 4 is 40.3 Å². The molecule has 0 fully saturated rings. The van der Waals surface area contributed by atoms with Gasteiger partial charge in [-0.05, 0) is 55.7 Å². The smallest absolute Gasteiger partial charge is 0.334 e. The first-order chi connectivity index (χ1) is 12.9. The molecule has 2 aromatic carbocycles. The molecule has 7 nitrogen and oxygen atoms in total. The standard InChI is InChI=1S/C19H18ClN5O2/c1-11-7-8-12(2)16(9-11)24-19-17(25(26)27)18(21-10-22-19)23-15-6-4-5-14(20)13(15)3/h4-10H,1-3H3,(H2,21,22,23,24). The number of benzene rings is 2. The van der Waals surface area contributed by atoms with Gasteiger partial charge in [0, 0.05) is 16.4 Å². The Morgan fingerprint density at radius 3 is 2.33 bits per heavy atom. The Morgan fingerprint density at radius 1 is 1.00 bits per heavy atom. The molecule has 1 heterocycles. The number of halogens is 1. The van der Waals surface area contributed by atoms with Crippen molar-refractivity contribution in [1.82, 2.24) is 9.97 Å². The highest BCUT2D eigenvalue weighted by Gasteiger charge is 2.24. The van der Waals surface area contributed by atoms with Crippen LogP contribution in [0.15, 0.2) is 42.7 Å². The summed E-state index contributed by atoms with van der Waals surface area (Å²) in [7, 11) is 0. The Kier molecular flexibility index (Phi) is 5.23. The van der Waals surface area contributed by atoms with E-state index in [2.05, 4.69) is 20.6 Å². The summed E-state index contributed by atoms with van der Waals surface area (Å²) in [6, 6.07) is 11.1. The molecule has 0 spiro atoms. The second-order valence-corrected chi connectivity index (χ2v) is 6.56. The summed E-state index contributed by atoms with van der Waals surface area (Å²) in [5, 5.41) is 18.4. The lowest BCUT2D eigenvalue weighted by atomic mass is 10.1. The normalized spacial score (nSPS) is 10.5. The fourth-order valence-corrected chi connectivity index (χ4v) is 2.78. The summed E-state index contributed by atoms with van der Waals surface area (Å²) >= 11 is 6.13. The van der Waals surface area contributed by atoms with E-state index in [1.165, 1.54) is 6.33 Å². The third-order valence-corrected chi connectivity index (χ3v) is 4.58. The lowest BCUT2D eigenvalue weighted by Gasteiger charge is -2.13. The summed E-state index contributed by atoms with van der Waals surface area (Å²) < 4.78 is 0. The molecule has 0 saturated carbocycles. The Bertz CT molecular complexity index is 1000. The number of aryl methyl sites for hydroxylation is 2. The van der Waals surface area contributed by atoms with Gasteiger partial charge >= 0.3 is 5.69 Å². The van der Waals surface area contributed by atoms with Crippen molar-refractivity contribution in [3.05, 3.63) is 74.6 Å². The van der Waals surface area contributed by atoms with E-state index < -0.39 is 4.92 Å². The van der Waals surface area contributed by atoms with E-state index in [0.717, 1.165) is 22.4 Å². The molecule has 0 atom stereocenters. The predicted octanol–water partition coefficient (Wildman–Crippen LogP) is 5.45. The van der Waals surface area contributed by atoms with Crippen molar-refractivity contribution in [3.63, 3.8) is 0 Å². The number of nitro groups is 1. The third kappa shape index (κ3) is 3.98. The summed E-state index contributed by atoms with van der Waals surface area (Å²) in [6.07, 6.45) is 1.28. The molecule has 0 radical (unpaired) electrons. The van der Waals surface area contributed by atoms with Crippen molar-refractivity contribution in [2.75, 3.05) is 10.6 Å². The van der Waals surface area contributed by atoms with Crippen LogP contribution in [0.4, 0.5) is 28.7 Å². The van der Waals surface area contributed by atoms with E-state index in [9.17, 15) is 10.1 Å². The molecule has 8 heteroatoms. The van der Waals surface area contributed by atoms with Gasteiger partial charge in [-0.3, -0.25) is 10.1 Å². The molecular weight excluding hydrogens is 366 g/mol. The van der Waals surface area contributed by atoms with Crippen LogP contribution in [0.5, 0.6) is 0 Å². The molecular formula is C19H18ClN5O2. The van der Waals surface area contributed by atoms with Crippen LogP contribution in [0.3, 0.4) is 0 Å². The number of hydrogen-bond acceptors (Lipinski definition) is 6. The van der Waals surface area contributed by atoms with E-state index in [1.807, 2.05) is 39.0 Å². The second kappa shape index (κ2) is 7.59. The van der Waals surface area contributed by atoms with E-state index in [1.54, 1.807) is 18.2 Å². The maximum atomic E-state index is 11.7. The van der Waals surface area contributed by atoms with Crippen molar-refractivity contribution < 1.29 is 4.92 Å². The Labute approximate surface area is 161 Å². The molecule has 0 unspecified atom stereocenters. The molecule has 0 aliphatic rings. The molecule has 0 amide bonds. The molecule has 0 aliphatic heterocycles. The predicted molar refractivity (Wildman–Crippen MR) is 107 cm³/mol. The van der Waals surface area contributed by atoms with Gasteiger partial charge in [-0.2, -0.15) is 0 Å². The van der Waals surface area contributed by atoms with Gasteiger partial charge in [0.05, 0.1) is 4.92 Å². The molecule has 1 aromatic heterocycles. The highest BCUT2D eigenvalue weighted by atomic mass is 35.5. The quantitative estimate of drug-likeness (QED) is 0.449. The van der Waals surface area contributed by atoms with E-state index in [-0.39, 0.29) is 17.3 Å². The maximum Gasteiger partial charge on any atom is 0.353 e. The molecule has 138 valence electrons. The average molecular weight is 384 g/mol. The second-order valence-electron chi connectivity index (χ2n) is 6.16. The van der Waals surface area contributed by atoms with Crippen LogP contribution in [0.2, 0.25) is 5.02 Å². The Hall–Kier alpha value is -3.19. The highest BCUT2D eigenvalue weighted by molar-refractivity contribution is 6.31. The average Bonchev–Trinajstić information content (AvgIpc) is 2.62. The highest BCUT2D eigenvalue weighted by Crippen LogP contribution is 2.35. The Balaban J connectivity index is 2.04. The molecule has 0 aliphatic carbocycles. The van der Waals surface area contributed by atoms with Crippen LogP contribution in [-0.4, -0.2) is 14.9 Å².